The lowest BCUT2D eigenvalue weighted by atomic mass is 10.2. The first-order valence-electron chi connectivity index (χ1n) is 9.36. The van der Waals surface area contributed by atoms with E-state index in [-0.39, 0.29) is 47.8 Å². The highest BCUT2D eigenvalue weighted by Crippen LogP contribution is 2.18. The van der Waals surface area contributed by atoms with Crippen LogP contribution in [0.15, 0.2) is 27.9 Å². The van der Waals surface area contributed by atoms with E-state index in [9.17, 15) is 19.2 Å². The van der Waals surface area contributed by atoms with Gasteiger partial charge in [0.25, 0.3) is 11.5 Å². The van der Waals surface area contributed by atoms with Gasteiger partial charge in [0, 0.05) is 26.4 Å². The number of esters is 1. The molecule has 0 fully saturated rings. The van der Waals surface area contributed by atoms with E-state index in [1.165, 1.54) is 30.0 Å². The van der Waals surface area contributed by atoms with Crippen LogP contribution in [0.25, 0.3) is 0 Å². The van der Waals surface area contributed by atoms with Crippen molar-refractivity contribution in [3.8, 4) is 0 Å². The molecule has 12 heteroatoms. The zero-order valence-electron chi connectivity index (χ0n) is 17.4. The van der Waals surface area contributed by atoms with Gasteiger partial charge in [-0.3, -0.25) is 24.0 Å². The second-order valence-corrected chi connectivity index (χ2v) is 7.37. The maximum absolute atomic E-state index is 12.8. The van der Waals surface area contributed by atoms with Crippen molar-refractivity contribution in [1.82, 2.24) is 14.5 Å². The molecule has 2 rings (SSSR count). The van der Waals surface area contributed by atoms with Gasteiger partial charge in [-0.2, -0.15) is 0 Å². The number of H-pyrrole nitrogens is 1. The number of nitrogens with two attached hydrogens (primary N) is 1. The van der Waals surface area contributed by atoms with E-state index in [2.05, 4.69) is 9.97 Å². The Labute approximate surface area is 182 Å². The lowest BCUT2D eigenvalue weighted by Gasteiger charge is -2.24. The molecule has 2 aromatic rings. The molecule has 0 saturated carbocycles. The Hall–Kier alpha value is -3.18. The highest BCUT2D eigenvalue weighted by Gasteiger charge is 2.25. The molecule has 2 aromatic heterocycles. The fourth-order valence-electron chi connectivity index (χ4n) is 2.71. The average molecular weight is 454 g/mol. The Morgan fingerprint density at radius 2 is 2.03 bits per heavy atom. The number of nitrogen functional groups attached to an aromatic ring is 1. The second-order valence-electron chi connectivity index (χ2n) is 6.98. The van der Waals surface area contributed by atoms with Gasteiger partial charge in [0.2, 0.25) is 0 Å². The predicted octanol–water partition coefficient (Wildman–Crippen LogP) is 0.660. The lowest BCUT2D eigenvalue weighted by molar-refractivity contribution is -0.121. The van der Waals surface area contributed by atoms with Gasteiger partial charge in [0.1, 0.15) is 11.0 Å². The zero-order valence-corrected chi connectivity index (χ0v) is 18.1. The standard InChI is InChI=1S/C19H24ClN5O6/c1-11(2)9-25-16(21)15(17(27)23-19(25)29)24(6-7-30-3)14(26)10-31-18(28)12-4-5-13(20)22-8-12/h4-5,8,11H,6-7,9-10,21H2,1-3H3,(H,23,27,29). The fraction of sp³-hybridized carbons (Fsp3) is 0.421. The number of pyridine rings is 1. The number of amides is 1. The number of hydrogen-bond acceptors (Lipinski definition) is 8. The van der Waals surface area contributed by atoms with Crippen LogP contribution in [0.4, 0.5) is 11.5 Å². The number of hydrogen-bond donors (Lipinski definition) is 2. The zero-order chi connectivity index (χ0) is 23.1. The number of methoxy groups -OCH3 is 1. The average Bonchev–Trinajstić information content (AvgIpc) is 2.71. The molecule has 0 saturated heterocycles. The molecule has 168 valence electrons. The number of nitrogens with one attached hydrogen (secondary N) is 1. The number of rotatable bonds is 9. The number of aromatic nitrogens is 3. The van der Waals surface area contributed by atoms with Crippen LogP contribution in [0, 0.1) is 5.92 Å². The van der Waals surface area contributed by atoms with E-state index in [0.29, 0.717) is 0 Å². The molecule has 3 N–H and O–H groups in total. The SMILES string of the molecule is COCCN(C(=O)COC(=O)c1ccc(Cl)nc1)c1c(N)n(CC(C)C)c(=O)[nH]c1=O. The summed E-state index contributed by atoms with van der Waals surface area (Å²) in [5, 5.41) is 0.199. The molecule has 2 heterocycles. The molecular weight excluding hydrogens is 430 g/mol. The van der Waals surface area contributed by atoms with E-state index in [1.54, 1.807) is 0 Å². The van der Waals surface area contributed by atoms with E-state index in [0.717, 1.165) is 4.90 Å². The first-order chi connectivity index (χ1) is 14.6. The van der Waals surface area contributed by atoms with Gasteiger partial charge in [-0.1, -0.05) is 25.4 Å². The minimum atomic E-state index is -0.833. The predicted molar refractivity (Wildman–Crippen MR) is 114 cm³/mol. The summed E-state index contributed by atoms with van der Waals surface area (Å²) >= 11 is 5.68. The number of halogens is 1. The van der Waals surface area contributed by atoms with Gasteiger partial charge in [-0.15, -0.1) is 0 Å². The van der Waals surface area contributed by atoms with E-state index in [4.69, 9.17) is 26.8 Å². The molecule has 31 heavy (non-hydrogen) atoms. The Morgan fingerprint density at radius 1 is 1.32 bits per heavy atom. The summed E-state index contributed by atoms with van der Waals surface area (Å²) in [6, 6.07) is 2.80. The van der Waals surface area contributed by atoms with Crippen LogP contribution < -0.4 is 21.9 Å². The summed E-state index contributed by atoms with van der Waals surface area (Å²) in [6.07, 6.45) is 1.21. The van der Waals surface area contributed by atoms with Crippen molar-refractivity contribution in [3.05, 3.63) is 49.9 Å². The van der Waals surface area contributed by atoms with Gasteiger partial charge in [0.15, 0.2) is 12.3 Å². The maximum Gasteiger partial charge on any atom is 0.340 e. The largest absolute Gasteiger partial charge is 0.452 e. The molecule has 0 atom stereocenters. The van der Waals surface area contributed by atoms with Gasteiger partial charge in [-0.05, 0) is 18.1 Å². The second kappa shape index (κ2) is 10.7. The van der Waals surface area contributed by atoms with Gasteiger partial charge < -0.3 is 15.2 Å². The van der Waals surface area contributed by atoms with Crippen molar-refractivity contribution in [1.29, 1.82) is 0 Å². The van der Waals surface area contributed by atoms with Gasteiger partial charge in [0.05, 0.1) is 12.2 Å². The molecular formula is C19H24ClN5O6. The van der Waals surface area contributed by atoms with Crippen LogP contribution >= 0.6 is 11.6 Å². The quantitative estimate of drug-likeness (QED) is 0.415. The Morgan fingerprint density at radius 3 is 2.61 bits per heavy atom. The van der Waals surface area contributed by atoms with Crippen LogP contribution in [0.2, 0.25) is 5.15 Å². The molecule has 0 aromatic carbocycles. The number of aromatic amines is 1. The third-order valence-electron chi connectivity index (χ3n) is 4.14. The Bertz CT molecular complexity index is 1050. The van der Waals surface area contributed by atoms with Crippen molar-refractivity contribution in [2.75, 3.05) is 37.5 Å². The van der Waals surface area contributed by atoms with Crippen LogP contribution in [0.1, 0.15) is 24.2 Å². The number of carbonyl (C=O) groups is 2. The smallest absolute Gasteiger partial charge is 0.340 e. The molecule has 0 radical (unpaired) electrons. The van der Waals surface area contributed by atoms with Crippen molar-refractivity contribution in [3.63, 3.8) is 0 Å². The summed E-state index contributed by atoms with van der Waals surface area (Å²) in [6.45, 7) is 3.32. The maximum atomic E-state index is 12.8. The fourth-order valence-corrected chi connectivity index (χ4v) is 2.83. The third kappa shape index (κ3) is 6.15. The normalized spacial score (nSPS) is 10.9. The number of carbonyl (C=O) groups excluding carboxylic acids is 2. The first-order valence-corrected chi connectivity index (χ1v) is 9.74. The minimum Gasteiger partial charge on any atom is -0.452 e. The highest BCUT2D eigenvalue weighted by atomic mass is 35.5. The topological polar surface area (TPSA) is 150 Å². The van der Waals surface area contributed by atoms with Crippen molar-refractivity contribution >= 4 is 35.0 Å². The van der Waals surface area contributed by atoms with Gasteiger partial charge >= 0.3 is 11.7 Å². The Kier molecular flexibility index (Phi) is 8.34. The molecule has 0 aliphatic rings. The molecule has 11 nitrogen and oxygen atoms in total. The summed E-state index contributed by atoms with van der Waals surface area (Å²) in [4.78, 5) is 56.6. The third-order valence-corrected chi connectivity index (χ3v) is 4.37. The van der Waals surface area contributed by atoms with Crippen molar-refractivity contribution in [2.45, 2.75) is 20.4 Å². The molecule has 0 aliphatic heterocycles. The highest BCUT2D eigenvalue weighted by molar-refractivity contribution is 6.29. The first kappa shape index (κ1) is 24.1. The van der Waals surface area contributed by atoms with E-state index >= 15 is 0 Å². The molecule has 0 spiro atoms. The van der Waals surface area contributed by atoms with Gasteiger partial charge in [-0.25, -0.2) is 14.6 Å². The summed E-state index contributed by atoms with van der Waals surface area (Å²) in [5.74, 6) is -1.63. The van der Waals surface area contributed by atoms with Crippen LogP contribution in [-0.4, -0.2) is 53.3 Å². The summed E-state index contributed by atoms with van der Waals surface area (Å²) < 4.78 is 11.2. The minimum absolute atomic E-state index is 0.0517. The van der Waals surface area contributed by atoms with Crippen LogP contribution in [0.5, 0.6) is 0 Å². The van der Waals surface area contributed by atoms with Crippen molar-refractivity contribution in [2.24, 2.45) is 5.92 Å². The van der Waals surface area contributed by atoms with Crippen molar-refractivity contribution < 1.29 is 19.1 Å². The number of ether oxygens (including phenoxy) is 2. The number of nitrogens with zero attached hydrogens (tertiary/aromatic N) is 3. The summed E-state index contributed by atoms with van der Waals surface area (Å²) in [5.41, 5.74) is 4.46. The Balaban J connectivity index is 2.31. The van der Waals surface area contributed by atoms with Crippen LogP contribution in [0.3, 0.4) is 0 Å². The molecule has 0 bridgehead atoms. The number of anilines is 2. The summed E-state index contributed by atoms with van der Waals surface area (Å²) in [7, 11) is 1.42. The van der Waals surface area contributed by atoms with E-state index < -0.39 is 29.7 Å². The molecule has 0 aliphatic carbocycles. The lowest BCUT2D eigenvalue weighted by Crippen LogP contribution is -2.44. The molecule has 0 unspecified atom stereocenters. The van der Waals surface area contributed by atoms with Crippen LogP contribution in [-0.2, 0) is 20.8 Å². The monoisotopic (exact) mass is 453 g/mol. The van der Waals surface area contributed by atoms with E-state index in [1.807, 2.05) is 13.8 Å². The molecule has 1 amide bonds.